The van der Waals surface area contributed by atoms with Crippen LogP contribution in [0.4, 0.5) is 5.69 Å². The monoisotopic (exact) mass is 486 g/mol. The van der Waals surface area contributed by atoms with E-state index in [1.165, 1.54) is 27.3 Å². The van der Waals surface area contributed by atoms with E-state index >= 15 is 0 Å². The molecule has 5 rings (SSSR count). The van der Waals surface area contributed by atoms with Crippen LogP contribution in [-0.2, 0) is 14.6 Å². The molecule has 0 bridgehead atoms. The summed E-state index contributed by atoms with van der Waals surface area (Å²) in [5.74, 6) is -0.225. The highest BCUT2D eigenvalue weighted by atomic mass is 32.2. The molecule has 2 N–H and O–H groups in total. The van der Waals surface area contributed by atoms with Gasteiger partial charge in [0, 0.05) is 31.1 Å². The summed E-state index contributed by atoms with van der Waals surface area (Å²) in [6.07, 6.45) is 1.02. The van der Waals surface area contributed by atoms with E-state index in [0.717, 1.165) is 11.8 Å². The fraction of sp³-hybridized carbons (Fsp3) is 0.391. The van der Waals surface area contributed by atoms with Crippen molar-refractivity contribution in [3.05, 3.63) is 53.5 Å². The summed E-state index contributed by atoms with van der Waals surface area (Å²) < 4.78 is 25.0. The zero-order valence-electron chi connectivity index (χ0n) is 18.4. The molecular weight excluding hydrogens is 460 g/mol. The van der Waals surface area contributed by atoms with Crippen molar-refractivity contribution in [3.8, 4) is 0 Å². The smallest absolute Gasteiger partial charge is 0.250 e. The molecule has 2 aliphatic heterocycles. The van der Waals surface area contributed by atoms with Gasteiger partial charge in [0.25, 0.3) is 5.91 Å². The van der Waals surface area contributed by atoms with Crippen LogP contribution in [0.3, 0.4) is 0 Å². The lowest BCUT2D eigenvalue weighted by atomic mass is 9.86. The molecule has 1 spiro atoms. The molecule has 33 heavy (non-hydrogen) atoms. The number of anilines is 1. The van der Waals surface area contributed by atoms with Gasteiger partial charge >= 0.3 is 0 Å². The van der Waals surface area contributed by atoms with Crippen molar-refractivity contribution < 1.29 is 18.3 Å². The predicted molar refractivity (Wildman–Crippen MR) is 128 cm³/mol. The van der Waals surface area contributed by atoms with Crippen LogP contribution in [0.15, 0.2) is 52.9 Å². The number of hydrogen-bond acceptors (Lipinski definition) is 8. The molecule has 10 heteroatoms. The molecule has 2 saturated heterocycles. The zero-order chi connectivity index (χ0) is 23.4. The van der Waals surface area contributed by atoms with Gasteiger partial charge in [-0.05, 0) is 55.7 Å². The predicted octanol–water partition coefficient (Wildman–Crippen LogP) is 2.51. The van der Waals surface area contributed by atoms with Gasteiger partial charge < -0.3 is 5.11 Å². The van der Waals surface area contributed by atoms with Crippen molar-refractivity contribution in [1.82, 2.24) is 15.2 Å². The largest absolute Gasteiger partial charge is 0.360 e. The fourth-order valence-corrected chi connectivity index (χ4v) is 6.15. The lowest BCUT2D eigenvalue weighted by molar-refractivity contribution is -0.124. The molecule has 2 unspecified atom stereocenters. The normalized spacial score (nSPS) is 22.3. The van der Waals surface area contributed by atoms with Gasteiger partial charge in [-0.25, -0.2) is 13.4 Å². The van der Waals surface area contributed by atoms with Gasteiger partial charge in [0.2, 0.25) is 0 Å². The van der Waals surface area contributed by atoms with Crippen LogP contribution in [0.25, 0.3) is 10.2 Å². The van der Waals surface area contributed by atoms with Gasteiger partial charge in [-0.1, -0.05) is 12.1 Å². The van der Waals surface area contributed by atoms with Crippen molar-refractivity contribution in [2.75, 3.05) is 24.2 Å². The maximum absolute atomic E-state index is 13.4. The first-order valence-corrected chi connectivity index (χ1v) is 13.6. The molecule has 3 aromatic rings. The number of fused-ring (bicyclic) bond motifs is 1. The number of likely N-dealkylation sites (tertiary alicyclic amines) is 1. The maximum atomic E-state index is 13.4. The molecule has 1 amide bonds. The van der Waals surface area contributed by atoms with E-state index in [9.17, 15) is 18.3 Å². The molecule has 2 fully saturated rings. The summed E-state index contributed by atoms with van der Waals surface area (Å²) in [7, 11) is -3.43. The molecule has 8 nitrogen and oxygen atoms in total. The molecule has 174 valence electrons. The third kappa shape index (κ3) is 3.95. The Balaban J connectivity index is 1.33. The lowest BCUT2D eigenvalue weighted by Crippen LogP contribution is -2.55. The van der Waals surface area contributed by atoms with Crippen LogP contribution in [0, 0.1) is 0 Å². The second kappa shape index (κ2) is 8.14. The lowest BCUT2D eigenvalue weighted by Gasteiger charge is -2.40. The molecule has 0 saturated carbocycles. The minimum absolute atomic E-state index is 0.113. The van der Waals surface area contributed by atoms with E-state index in [1.807, 2.05) is 5.51 Å². The molecule has 3 heterocycles. The van der Waals surface area contributed by atoms with Gasteiger partial charge in [0.15, 0.2) is 16.2 Å². The number of aliphatic hydroxyl groups excluding tert-OH is 1. The van der Waals surface area contributed by atoms with E-state index in [2.05, 4.69) is 40.3 Å². The number of amides is 1. The highest BCUT2D eigenvalue weighted by Gasteiger charge is 2.52. The van der Waals surface area contributed by atoms with Crippen molar-refractivity contribution in [3.63, 3.8) is 0 Å². The topological polar surface area (TPSA) is 103 Å². The molecule has 0 aliphatic carbocycles. The first kappa shape index (κ1) is 22.4. The number of rotatable bonds is 4. The summed E-state index contributed by atoms with van der Waals surface area (Å²) in [6, 6.07) is 12.7. The van der Waals surface area contributed by atoms with Crippen molar-refractivity contribution in [2.24, 2.45) is 0 Å². The van der Waals surface area contributed by atoms with E-state index < -0.39 is 21.7 Å². The highest BCUT2D eigenvalue weighted by Crippen LogP contribution is 2.36. The summed E-state index contributed by atoms with van der Waals surface area (Å²) in [6.45, 7) is 3.55. The number of nitrogens with one attached hydrogen (secondary N) is 1. The summed E-state index contributed by atoms with van der Waals surface area (Å²) >= 11 is 1.62. The third-order valence-electron chi connectivity index (χ3n) is 6.84. The van der Waals surface area contributed by atoms with Gasteiger partial charge in [-0.3, -0.25) is 19.9 Å². The van der Waals surface area contributed by atoms with Crippen LogP contribution < -0.4 is 10.2 Å². The summed E-state index contributed by atoms with van der Waals surface area (Å²) in [5.41, 5.74) is 3.54. The highest BCUT2D eigenvalue weighted by molar-refractivity contribution is 7.90. The molecule has 2 aliphatic rings. The Morgan fingerprint density at radius 3 is 2.70 bits per heavy atom. The Morgan fingerprint density at radius 1 is 1.21 bits per heavy atom. The second-order valence-electron chi connectivity index (χ2n) is 8.84. The van der Waals surface area contributed by atoms with Crippen LogP contribution in [0.1, 0.15) is 31.4 Å². The van der Waals surface area contributed by atoms with Gasteiger partial charge in [-0.15, -0.1) is 11.3 Å². The quantitative estimate of drug-likeness (QED) is 0.584. The van der Waals surface area contributed by atoms with Crippen LogP contribution in [0.5, 0.6) is 0 Å². The molecular formula is C23H26N4O4S2. The van der Waals surface area contributed by atoms with Crippen molar-refractivity contribution >= 4 is 43.0 Å². The zero-order valence-corrected chi connectivity index (χ0v) is 20.1. The first-order chi connectivity index (χ1) is 15.7. The van der Waals surface area contributed by atoms with E-state index in [0.29, 0.717) is 31.6 Å². The van der Waals surface area contributed by atoms with Gasteiger partial charge in [0.05, 0.1) is 20.6 Å². The number of hydrogen-bond donors (Lipinski definition) is 2. The van der Waals surface area contributed by atoms with Crippen LogP contribution in [0.2, 0.25) is 0 Å². The Bertz CT molecular complexity index is 1310. The summed E-state index contributed by atoms with van der Waals surface area (Å²) in [5, 5.41) is 13.8. The average molecular weight is 487 g/mol. The second-order valence-corrected chi connectivity index (χ2v) is 11.7. The molecule has 1 aromatic heterocycles. The Labute approximate surface area is 196 Å². The minimum atomic E-state index is -3.43. The van der Waals surface area contributed by atoms with Gasteiger partial charge in [-0.2, -0.15) is 0 Å². The first-order valence-electron chi connectivity index (χ1n) is 10.8. The van der Waals surface area contributed by atoms with E-state index in [-0.39, 0.29) is 16.8 Å². The van der Waals surface area contributed by atoms with Crippen molar-refractivity contribution in [2.45, 2.75) is 42.6 Å². The molecule has 0 radical (unpaired) electrons. The average Bonchev–Trinajstić information content (AvgIpc) is 3.35. The third-order valence-corrected chi connectivity index (χ3v) is 8.76. The fourth-order valence-electron chi connectivity index (χ4n) is 4.83. The standard InChI is InChI=1S/C23H26N4O4S2/c1-15(16-6-7-20-19(12-16)24-14-32-20)26-10-8-23(9-11-26)21(28)27(22(29)25-23)17-4-3-5-18(13-17)33(2,30)31/h3-7,12-15,22,25,29H,8-11H2,1-2H3. The van der Waals surface area contributed by atoms with E-state index in [1.54, 1.807) is 23.5 Å². The Morgan fingerprint density at radius 2 is 1.97 bits per heavy atom. The molecule has 2 atom stereocenters. The van der Waals surface area contributed by atoms with Crippen LogP contribution >= 0.6 is 11.3 Å². The number of piperidine rings is 1. The number of sulfone groups is 1. The number of carbonyl (C=O) groups excluding carboxylic acids is 1. The van der Waals surface area contributed by atoms with E-state index in [4.69, 9.17) is 0 Å². The Hall–Kier alpha value is -2.37. The van der Waals surface area contributed by atoms with Gasteiger partial charge in [0.1, 0.15) is 5.54 Å². The number of aliphatic hydroxyl groups is 1. The SMILES string of the molecule is CC(c1ccc2scnc2c1)N1CCC2(CC1)NC(O)N(c1cccc(S(C)(=O)=O)c1)C2=O. The van der Waals surface area contributed by atoms with Crippen LogP contribution in [-0.4, -0.2) is 60.6 Å². The number of benzene rings is 2. The van der Waals surface area contributed by atoms with Crippen molar-refractivity contribution in [1.29, 1.82) is 0 Å². The number of thiazole rings is 1. The summed E-state index contributed by atoms with van der Waals surface area (Å²) in [4.78, 5) is 21.6. The Kier molecular flexibility index (Phi) is 5.53. The number of aromatic nitrogens is 1. The molecule has 2 aromatic carbocycles. The minimum Gasteiger partial charge on any atom is -0.360 e. The number of nitrogens with zero attached hydrogens (tertiary/aromatic N) is 3. The number of carbonyl (C=O) groups is 1. The maximum Gasteiger partial charge on any atom is 0.250 e.